The molecular weight excluding hydrogens is 280 g/mol. The fourth-order valence-electron chi connectivity index (χ4n) is 2.00. The summed E-state index contributed by atoms with van der Waals surface area (Å²) in [6, 6.07) is 1.49. The molecule has 1 aliphatic rings. The number of fused-ring (bicyclic) bond motifs is 5. The van der Waals surface area contributed by atoms with E-state index in [4.69, 9.17) is 13.9 Å². The Hall–Kier alpha value is -2.83. The summed E-state index contributed by atoms with van der Waals surface area (Å²) in [5.41, 5.74) is 1.73. The lowest BCUT2D eigenvalue weighted by Crippen LogP contribution is -2.19. The Morgan fingerprint density at radius 1 is 1.43 bits per heavy atom. The highest BCUT2D eigenvalue weighted by Gasteiger charge is 2.34. The number of hydrogen-bond donors (Lipinski definition) is 0. The van der Waals surface area contributed by atoms with Gasteiger partial charge in [-0.25, -0.2) is 14.4 Å². The molecule has 7 heteroatoms. The topological polar surface area (TPSA) is 92.0 Å². The highest BCUT2D eigenvalue weighted by atomic mass is 16.6. The Labute approximate surface area is 118 Å². The first-order valence-electron chi connectivity index (χ1n) is 6.05. The lowest BCUT2D eigenvalue weighted by Gasteiger charge is -2.04. The van der Waals surface area contributed by atoms with E-state index in [1.807, 2.05) is 0 Å². The molecule has 0 aromatic carbocycles. The molecule has 0 fully saturated rings. The van der Waals surface area contributed by atoms with Crippen molar-refractivity contribution in [2.75, 3.05) is 6.61 Å². The zero-order valence-corrected chi connectivity index (χ0v) is 11.1. The minimum atomic E-state index is -0.784. The quantitative estimate of drug-likeness (QED) is 0.479. The molecular formula is C14H10O7. The number of ether oxygens (including phenoxy) is 3. The lowest BCUT2D eigenvalue weighted by molar-refractivity contribution is -0.150. The minimum Gasteiger partial charge on any atom is -0.457 e. The average Bonchev–Trinajstić information content (AvgIpc) is 3.09. The second kappa shape index (κ2) is 4.62. The van der Waals surface area contributed by atoms with Gasteiger partial charge in [-0.1, -0.05) is 6.58 Å². The lowest BCUT2D eigenvalue weighted by atomic mass is 10.1. The number of carbonyl (C=O) groups is 3. The van der Waals surface area contributed by atoms with Gasteiger partial charge in [-0.15, -0.1) is 0 Å². The van der Waals surface area contributed by atoms with Crippen LogP contribution in [0.4, 0.5) is 0 Å². The summed E-state index contributed by atoms with van der Waals surface area (Å²) in [7, 11) is 0. The van der Waals surface area contributed by atoms with Crippen LogP contribution in [0.15, 0.2) is 22.6 Å². The number of benzene rings is 1. The summed E-state index contributed by atoms with van der Waals surface area (Å²) >= 11 is 0. The Balaban J connectivity index is 1.71. The van der Waals surface area contributed by atoms with E-state index in [9.17, 15) is 14.4 Å². The molecule has 0 amide bonds. The van der Waals surface area contributed by atoms with Crippen LogP contribution < -0.4 is 4.74 Å². The second-order valence-electron chi connectivity index (χ2n) is 4.56. The van der Waals surface area contributed by atoms with Crippen LogP contribution in [0.1, 0.15) is 22.8 Å². The van der Waals surface area contributed by atoms with Crippen LogP contribution >= 0.6 is 0 Å². The van der Waals surface area contributed by atoms with E-state index in [0.29, 0.717) is 11.1 Å². The van der Waals surface area contributed by atoms with Gasteiger partial charge in [-0.2, -0.15) is 0 Å². The van der Waals surface area contributed by atoms with Crippen LogP contribution in [0, 0.1) is 0 Å². The summed E-state index contributed by atoms with van der Waals surface area (Å²) < 4.78 is 19.9. The molecule has 2 aromatic rings. The number of carbonyl (C=O) groups excluding carboxylic acids is 3. The van der Waals surface area contributed by atoms with Crippen molar-refractivity contribution in [2.24, 2.45) is 0 Å². The van der Waals surface area contributed by atoms with Gasteiger partial charge in [0.15, 0.2) is 17.9 Å². The molecule has 0 N–H and O–H groups in total. The highest BCUT2D eigenvalue weighted by molar-refractivity contribution is 6.06. The van der Waals surface area contributed by atoms with Gasteiger partial charge in [0.2, 0.25) is 0 Å². The van der Waals surface area contributed by atoms with Gasteiger partial charge in [-0.05, 0) is 6.92 Å². The van der Waals surface area contributed by atoms with E-state index in [0.717, 1.165) is 0 Å². The smallest absolute Gasteiger partial charge is 0.349 e. The van der Waals surface area contributed by atoms with E-state index in [1.165, 1.54) is 13.0 Å². The molecule has 0 radical (unpaired) electrons. The minimum absolute atomic E-state index is 0.110. The van der Waals surface area contributed by atoms with Crippen LogP contribution in [-0.2, 0) is 25.7 Å². The first-order chi connectivity index (χ1) is 9.97. The van der Waals surface area contributed by atoms with Gasteiger partial charge in [0.25, 0.3) is 0 Å². The largest absolute Gasteiger partial charge is 0.457 e. The van der Waals surface area contributed by atoms with E-state index >= 15 is 0 Å². The van der Waals surface area contributed by atoms with Crippen LogP contribution in [0.2, 0.25) is 0 Å². The summed E-state index contributed by atoms with van der Waals surface area (Å²) in [5.74, 6) is -1.87. The normalized spacial score (nSPS) is 13.1. The van der Waals surface area contributed by atoms with Gasteiger partial charge < -0.3 is 18.6 Å². The predicted octanol–water partition coefficient (Wildman–Crippen LogP) is 1.57. The summed E-state index contributed by atoms with van der Waals surface area (Å²) in [6.45, 7) is 4.45. The first kappa shape index (κ1) is 13.2. The molecule has 1 aliphatic heterocycles. The molecule has 0 atom stereocenters. The molecule has 2 aromatic heterocycles. The molecule has 0 aliphatic carbocycles. The average molecular weight is 290 g/mol. The first-order valence-corrected chi connectivity index (χ1v) is 6.05. The number of cyclic esters (lactones) is 1. The SMILES string of the molecule is C=C(C)C(=O)OCC(=O)Oc1cc2oc1c1c2COC1=O. The monoisotopic (exact) mass is 290 g/mol. The van der Waals surface area contributed by atoms with Gasteiger partial charge in [0.05, 0.1) is 5.56 Å². The zero-order chi connectivity index (χ0) is 15.1. The molecule has 108 valence electrons. The molecule has 0 saturated heterocycles. The van der Waals surface area contributed by atoms with Crippen LogP contribution in [0.5, 0.6) is 5.75 Å². The predicted molar refractivity (Wildman–Crippen MR) is 67.9 cm³/mol. The van der Waals surface area contributed by atoms with Crippen LogP contribution in [-0.4, -0.2) is 24.5 Å². The third-order valence-electron chi connectivity index (χ3n) is 2.97. The Morgan fingerprint density at radius 2 is 2.19 bits per heavy atom. The fourth-order valence-corrected chi connectivity index (χ4v) is 2.00. The maximum absolute atomic E-state index is 11.6. The van der Waals surface area contributed by atoms with Crippen molar-refractivity contribution in [2.45, 2.75) is 13.5 Å². The van der Waals surface area contributed by atoms with Gasteiger partial charge >= 0.3 is 17.9 Å². The fraction of sp³-hybridized carbons (Fsp3) is 0.214. The van der Waals surface area contributed by atoms with Crippen LogP contribution in [0.25, 0.3) is 11.2 Å². The third kappa shape index (κ3) is 2.12. The third-order valence-corrected chi connectivity index (χ3v) is 2.97. The standard InChI is InChI=1S/C14H10O7/c1-6(2)13(16)19-5-10(15)20-9-3-8-7-4-18-14(17)11(7)12(9)21-8/h3H,1,4-5H2,2H3. The van der Waals surface area contributed by atoms with E-state index in [1.54, 1.807) is 0 Å². The van der Waals surface area contributed by atoms with Crippen molar-refractivity contribution < 1.29 is 33.0 Å². The van der Waals surface area contributed by atoms with E-state index in [-0.39, 0.29) is 29.1 Å². The maximum atomic E-state index is 11.6. The molecule has 0 unspecified atom stereocenters. The van der Waals surface area contributed by atoms with Gasteiger partial charge in [0.1, 0.15) is 17.8 Å². The summed E-state index contributed by atoms with van der Waals surface area (Å²) in [5, 5.41) is 0. The van der Waals surface area contributed by atoms with Crippen LogP contribution in [0.3, 0.4) is 0 Å². The number of esters is 3. The van der Waals surface area contributed by atoms with E-state index < -0.39 is 24.5 Å². The molecule has 7 nitrogen and oxygen atoms in total. The summed E-state index contributed by atoms with van der Waals surface area (Å²) in [4.78, 5) is 34.3. The molecule has 0 saturated carbocycles. The van der Waals surface area contributed by atoms with Crippen molar-refractivity contribution in [3.05, 3.63) is 29.3 Å². The highest BCUT2D eigenvalue weighted by Crippen LogP contribution is 2.41. The van der Waals surface area contributed by atoms with Gasteiger partial charge in [0, 0.05) is 11.6 Å². The zero-order valence-electron chi connectivity index (χ0n) is 11.1. The van der Waals surface area contributed by atoms with Crippen molar-refractivity contribution >= 4 is 29.1 Å². The van der Waals surface area contributed by atoms with Crippen molar-refractivity contribution in [3.63, 3.8) is 0 Å². The molecule has 3 heterocycles. The number of rotatable bonds is 4. The van der Waals surface area contributed by atoms with Crippen molar-refractivity contribution in [1.29, 1.82) is 0 Å². The van der Waals surface area contributed by atoms with E-state index in [2.05, 4.69) is 11.3 Å². The van der Waals surface area contributed by atoms with Crippen molar-refractivity contribution in [3.8, 4) is 5.75 Å². The number of furan rings is 2. The molecule has 3 rings (SSSR count). The Bertz CT molecular complexity index is 767. The van der Waals surface area contributed by atoms with Crippen molar-refractivity contribution in [1.82, 2.24) is 0 Å². The molecule has 2 bridgehead atoms. The maximum Gasteiger partial charge on any atom is 0.349 e. The number of hydrogen-bond acceptors (Lipinski definition) is 7. The Morgan fingerprint density at radius 3 is 2.90 bits per heavy atom. The molecule has 21 heavy (non-hydrogen) atoms. The summed E-state index contributed by atoms with van der Waals surface area (Å²) in [6.07, 6.45) is 0. The molecule has 0 spiro atoms. The second-order valence-corrected chi connectivity index (χ2v) is 4.56. The Kier molecular flexibility index (Phi) is 2.90. The van der Waals surface area contributed by atoms with Gasteiger partial charge in [-0.3, -0.25) is 0 Å².